The Morgan fingerprint density at radius 3 is 2.41 bits per heavy atom. The van der Waals surface area contributed by atoms with Gasteiger partial charge in [0.15, 0.2) is 0 Å². The second-order valence-electron chi connectivity index (χ2n) is 5.35. The normalized spacial score (nSPS) is 13.1. The fourth-order valence-electron chi connectivity index (χ4n) is 1.97. The van der Waals surface area contributed by atoms with Gasteiger partial charge in [-0.15, -0.1) is 0 Å². The van der Waals surface area contributed by atoms with Crippen LogP contribution in [0.1, 0.15) is 25.8 Å². The molecule has 2 N–H and O–H groups in total. The Kier molecular flexibility index (Phi) is 5.61. The summed E-state index contributed by atoms with van der Waals surface area (Å²) in [6.07, 6.45) is 0.139. The minimum atomic E-state index is -4.08. The summed E-state index contributed by atoms with van der Waals surface area (Å²) < 4.78 is 26.7. The van der Waals surface area contributed by atoms with Gasteiger partial charge >= 0.3 is 5.97 Å². The van der Waals surface area contributed by atoms with Crippen LogP contribution in [-0.2, 0) is 14.8 Å². The predicted octanol–water partition coefficient (Wildman–Crippen LogP) is 1.68. The lowest BCUT2D eigenvalue weighted by molar-refractivity contribution is -0.385. The number of rotatable bonds is 7. The molecular formula is C13H18N2O6S. The van der Waals surface area contributed by atoms with Crippen LogP contribution in [0.2, 0.25) is 0 Å². The van der Waals surface area contributed by atoms with E-state index in [1.165, 1.54) is 6.92 Å². The van der Waals surface area contributed by atoms with E-state index < -0.39 is 27.0 Å². The molecule has 1 aromatic rings. The van der Waals surface area contributed by atoms with Gasteiger partial charge in [-0.3, -0.25) is 14.9 Å². The van der Waals surface area contributed by atoms with Crippen LogP contribution in [-0.4, -0.2) is 30.5 Å². The van der Waals surface area contributed by atoms with Crippen molar-refractivity contribution in [3.05, 3.63) is 33.9 Å². The smallest absolute Gasteiger partial charge is 0.321 e. The zero-order valence-electron chi connectivity index (χ0n) is 12.4. The molecule has 0 saturated heterocycles. The maximum absolute atomic E-state index is 12.3. The minimum absolute atomic E-state index is 0.0123. The molecule has 0 saturated carbocycles. The van der Waals surface area contributed by atoms with Crippen molar-refractivity contribution in [2.75, 3.05) is 0 Å². The highest BCUT2D eigenvalue weighted by molar-refractivity contribution is 7.89. The standard InChI is InChI=1S/C13H18N2O6S/c1-8(2)6-11(13(16)17)14-22(20,21)12-5-4-10(15(18)19)7-9(12)3/h4-5,7-8,11,14H,6H2,1-3H3,(H,16,17). The van der Waals surface area contributed by atoms with Gasteiger partial charge in [0.1, 0.15) is 6.04 Å². The van der Waals surface area contributed by atoms with E-state index in [1.807, 2.05) is 0 Å². The van der Waals surface area contributed by atoms with Gasteiger partial charge in [0.2, 0.25) is 10.0 Å². The maximum atomic E-state index is 12.3. The van der Waals surface area contributed by atoms with E-state index in [1.54, 1.807) is 13.8 Å². The zero-order valence-corrected chi connectivity index (χ0v) is 13.3. The molecule has 122 valence electrons. The molecular weight excluding hydrogens is 312 g/mol. The molecule has 0 bridgehead atoms. The van der Waals surface area contributed by atoms with E-state index in [4.69, 9.17) is 5.11 Å². The Bertz CT molecular complexity index is 684. The predicted molar refractivity (Wildman–Crippen MR) is 79.0 cm³/mol. The van der Waals surface area contributed by atoms with Crippen molar-refractivity contribution in [2.45, 2.75) is 38.1 Å². The number of hydrogen-bond acceptors (Lipinski definition) is 5. The van der Waals surface area contributed by atoms with Crippen molar-refractivity contribution in [3.8, 4) is 0 Å². The van der Waals surface area contributed by atoms with E-state index in [0.717, 1.165) is 18.2 Å². The number of hydrogen-bond donors (Lipinski definition) is 2. The van der Waals surface area contributed by atoms with Gasteiger partial charge in [-0.1, -0.05) is 13.8 Å². The lowest BCUT2D eigenvalue weighted by Crippen LogP contribution is -2.41. The Labute approximate surface area is 128 Å². The highest BCUT2D eigenvalue weighted by atomic mass is 32.2. The molecule has 0 heterocycles. The van der Waals surface area contributed by atoms with Gasteiger partial charge in [0.25, 0.3) is 5.69 Å². The molecule has 9 heteroatoms. The summed E-state index contributed by atoms with van der Waals surface area (Å²) in [5, 5.41) is 19.8. The average Bonchev–Trinajstić information content (AvgIpc) is 2.36. The summed E-state index contributed by atoms with van der Waals surface area (Å²) >= 11 is 0. The monoisotopic (exact) mass is 330 g/mol. The molecule has 1 atom stereocenters. The summed E-state index contributed by atoms with van der Waals surface area (Å²) in [6, 6.07) is 2.05. The van der Waals surface area contributed by atoms with Crippen LogP contribution in [0.15, 0.2) is 23.1 Å². The molecule has 0 aromatic heterocycles. The number of aryl methyl sites for hydroxylation is 1. The Morgan fingerprint density at radius 2 is 2.00 bits per heavy atom. The molecule has 0 amide bonds. The largest absolute Gasteiger partial charge is 0.480 e. The van der Waals surface area contributed by atoms with Gasteiger partial charge in [-0.2, -0.15) is 4.72 Å². The number of non-ortho nitro benzene ring substituents is 1. The summed E-state index contributed by atoms with van der Waals surface area (Å²) in [4.78, 5) is 21.0. The fourth-order valence-corrected chi connectivity index (χ4v) is 3.40. The molecule has 0 aliphatic rings. The Hall–Kier alpha value is -2.00. The van der Waals surface area contributed by atoms with Gasteiger partial charge in [-0.25, -0.2) is 8.42 Å². The lowest BCUT2D eigenvalue weighted by atomic mass is 10.1. The van der Waals surface area contributed by atoms with Crippen LogP contribution in [0.4, 0.5) is 5.69 Å². The van der Waals surface area contributed by atoms with E-state index in [2.05, 4.69) is 4.72 Å². The number of nitrogens with one attached hydrogen (secondary N) is 1. The third-order valence-electron chi connectivity index (χ3n) is 2.96. The third-order valence-corrected chi connectivity index (χ3v) is 4.59. The number of benzene rings is 1. The number of aliphatic carboxylic acids is 1. The Balaban J connectivity index is 3.13. The topological polar surface area (TPSA) is 127 Å². The van der Waals surface area contributed by atoms with Crippen LogP contribution in [0, 0.1) is 23.0 Å². The second kappa shape index (κ2) is 6.84. The highest BCUT2D eigenvalue weighted by Crippen LogP contribution is 2.21. The first-order chi connectivity index (χ1) is 10.0. The first-order valence-electron chi connectivity index (χ1n) is 6.54. The number of carboxylic acid groups (broad SMARTS) is 1. The molecule has 1 aromatic carbocycles. The lowest BCUT2D eigenvalue weighted by Gasteiger charge is -2.17. The van der Waals surface area contributed by atoms with Crippen molar-refractivity contribution in [2.24, 2.45) is 5.92 Å². The third kappa shape index (κ3) is 4.50. The summed E-state index contributed by atoms with van der Waals surface area (Å²) in [6.45, 7) is 4.97. The molecule has 0 radical (unpaired) electrons. The zero-order chi connectivity index (χ0) is 17.1. The van der Waals surface area contributed by atoms with Crippen molar-refractivity contribution in [1.82, 2.24) is 4.72 Å². The summed E-state index contributed by atoms with van der Waals surface area (Å²) in [7, 11) is -4.08. The molecule has 8 nitrogen and oxygen atoms in total. The molecule has 0 aliphatic carbocycles. The van der Waals surface area contributed by atoms with E-state index >= 15 is 0 Å². The first kappa shape index (κ1) is 18.1. The van der Waals surface area contributed by atoms with Gasteiger partial charge < -0.3 is 5.11 Å². The quantitative estimate of drug-likeness (QED) is 0.578. The molecule has 22 heavy (non-hydrogen) atoms. The number of nitro groups is 1. The van der Waals surface area contributed by atoms with E-state index in [9.17, 15) is 23.3 Å². The number of carbonyl (C=O) groups is 1. The molecule has 0 aliphatic heterocycles. The first-order valence-corrected chi connectivity index (χ1v) is 8.03. The van der Waals surface area contributed by atoms with Crippen LogP contribution >= 0.6 is 0 Å². The van der Waals surface area contributed by atoms with E-state index in [0.29, 0.717) is 0 Å². The second-order valence-corrected chi connectivity index (χ2v) is 7.03. The van der Waals surface area contributed by atoms with Crippen molar-refractivity contribution < 1.29 is 23.2 Å². The van der Waals surface area contributed by atoms with Crippen LogP contribution in [0.25, 0.3) is 0 Å². The van der Waals surface area contributed by atoms with Crippen LogP contribution in [0.3, 0.4) is 0 Å². The van der Waals surface area contributed by atoms with Crippen LogP contribution < -0.4 is 4.72 Å². The summed E-state index contributed by atoms with van der Waals surface area (Å²) in [5.41, 5.74) is -0.0520. The van der Waals surface area contributed by atoms with Crippen LogP contribution in [0.5, 0.6) is 0 Å². The summed E-state index contributed by atoms with van der Waals surface area (Å²) in [5.74, 6) is -1.28. The SMILES string of the molecule is Cc1cc([N+](=O)[O-])ccc1S(=O)(=O)NC(CC(C)C)C(=O)O. The van der Waals surface area contributed by atoms with E-state index in [-0.39, 0.29) is 28.5 Å². The highest BCUT2D eigenvalue weighted by Gasteiger charge is 2.27. The fraction of sp³-hybridized carbons (Fsp3) is 0.462. The van der Waals surface area contributed by atoms with Crippen molar-refractivity contribution >= 4 is 21.7 Å². The minimum Gasteiger partial charge on any atom is -0.480 e. The van der Waals surface area contributed by atoms with Gasteiger partial charge in [-0.05, 0) is 30.9 Å². The number of nitrogens with zero attached hydrogens (tertiary/aromatic N) is 1. The number of carboxylic acids is 1. The molecule has 1 rings (SSSR count). The van der Waals surface area contributed by atoms with Gasteiger partial charge in [0, 0.05) is 12.1 Å². The molecule has 1 unspecified atom stereocenters. The maximum Gasteiger partial charge on any atom is 0.321 e. The van der Waals surface area contributed by atoms with Crippen molar-refractivity contribution in [1.29, 1.82) is 0 Å². The average molecular weight is 330 g/mol. The van der Waals surface area contributed by atoms with Gasteiger partial charge in [0.05, 0.1) is 9.82 Å². The Morgan fingerprint density at radius 1 is 1.41 bits per heavy atom. The molecule has 0 spiro atoms. The number of sulfonamides is 1. The van der Waals surface area contributed by atoms with Crippen molar-refractivity contribution in [3.63, 3.8) is 0 Å². The number of nitro benzene ring substituents is 1. The molecule has 0 fully saturated rings.